The largest absolute Gasteiger partial charge is 0.466 e. The van der Waals surface area contributed by atoms with E-state index in [0.29, 0.717) is 39.0 Å². The van der Waals surface area contributed by atoms with Crippen molar-refractivity contribution in [2.75, 3.05) is 33.9 Å². The molecule has 0 aromatic heterocycles. The maximum Gasteiger partial charge on any atom is 0.311 e. The summed E-state index contributed by atoms with van der Waals surface area (Å²) < 4.78 is 10.5. The molecule has 0 bridgehead atoms. The molecule has 24 heavy (non-hydrogen) atoms. The fourth-order valence-corrected chi connectivity index (χ4v) is 2.41. The molecule has 138 valence electrons. The van der Waals surface area contributed by atoms with E-state index < -0.39 is 11.3 Å². The third kappa shape index (κ3) is 7.78. The third-order valence-corrected chi connectivity index (χ3v) is 4.22. The van der Waals surface area contributed by atoms with Crippen molar-refractivity contribution in [1.29, 1.82) is 5.26 Å². The van der Waals surface area contributed by atoms with E-state index in [-0.39, 0.29) is 17.9 Å². The van der Waals surface area contributed by atoms with Gasteiger partial charge in [0.05, 0.1) is 24.0 Å². The summed E-state index contributed by atoms with van der Waals surface area (Å²) in [5.41, 5.74) is -0.754. The second-order valence-electron chi connectivity index (χ2n) is 6.77. The predicted molar refractivity (Wildman–Crippen MR) is 92.0 cm³/mol. The highest BCUT2D eigenvalue weighted by Gasteiger charge is 2.38. The number of likely N-dealkylation sites (N-methyl/N-ethyl adjacent to an activating group) is 1. The van der Waals surface area contributed by atoms with Crippen LogP contribution in [0.3, 0.4) is 0 Å². The van der Waals surface area contributed by atoms with Crippen molar-refractivity contribution in [1.82, 2.24) is 4.90 Å². The molecule has 0 radical (unpaired) electrons. The van der Waals surface area contributed by atoms with Crippen molar-refractivity contribution >= 4 is 11.9 Å². The normalized spacial score (nSPS) is 15.9. The Labute approximate surface area is 146 Å². The van der Waals surface area contributed by atoms with Gasteiger partial charge in [-0.05, 0) is 54.1 Å². The van der Waals surface area contributed by atoms with Crippen LogP contribution >= 0.6 is 0 Å². The minimum atomic E-state index is -0.754. The van der Waals surface area contributed by atoms with Crippen molar-refractivity contribution in [2.24, 2.45) is 17.3 Å². The second kappa shape index (κ2) is 11.0. The maximum atomic E-state index is 12.4. The first-order valence-electron chi connectivity index (χ1n) is 8.58. The van der Waals surface area contributed by atoms with Gasteiger partial charge >= 0.3 is 11.9 Å². The quantitative estimate of drug-likeness (QED) is 0.538. The Bertz CT molecular complexity index is 445. The molecule has 0 saturated heterocycles. The number of rotatable bonds is 11. The average molecular weight is 340 g/mol. The number of carbonyl (C=O) groups is 2. The lowest BCUT2D eigenvalue weighted by Crippen LogP contribution is -2.35. The highest BCUT2D eigenvalue weighted by molar-refractivity contribution is 5.78. The van der Waals surface area contributed by atoms with Crippen molar-refractivity contribution in [2.45, 2.75) is 47.0 Å². The first-order chi connectivity index (χ1) is 11.2. The molecule has 0 aliphatic rings. The predicted octanol–water partition coefficient (Wildman–Crippen LogP) is 2.63. The van der Waals surface area contributed by atoms with E-state index in [9.17, 15) is 9.59 Å². The molecule has 0 aliphatic heterocycles. The standard InChI is InChI=1S/C18H32N2O4/c1-7-18(4,17(22)23-8-2)12-15(11-14(3)13-19)16(21)24-10-9-20(5)6/h14-15H,7-12H2,1-6H3. The van der Waals surface area contributed by atoms with Gasteiger partial charge < -0.3 is 14.4 Å². The monoisotopic (exact) mass is 340 g/mol. The summed E-state index contributed by atoms with van der Waals surface area (Å²) in [5, 5.41) is 9.06. The molecule has 3 unspecified atom stereocenters. The molecule has 6 heteroatoms. The minimum Gasteiger partial charge on any atom is -0.466 e. The number of ether oxygens (including phenoxy) is 2. The molecule has 0 aromatic carbocycles. The third-order valence-electron chi connectivity index (χ3n) is 4.22. The topological polar surface area (TPSA) is 79.6 Å². The number of nitrogens with zero attached hydrogens (tertiary/aromatic N) is 2. The van der Waals surface area contributed by atoms with E-state index in [1.807, 2.05) is 32.8 Å². The van der Waals surface area contributed by atoms with Crippen LogP contribution in [0.25, 0.3) is 0 Å². The summed E-state index contributed by atoms with van der Waals surface area (Å²) in [4.78, 5) is 26.6. The highest BCUT2D eigenvalue weighted by atomic mass is 16.5. The fraction of sp³-hybridized carbons (Fsp3) is 0.833. The van der Waals surface area contributed by atoms with Crippen molar-refractivity contribution in [3.8, 4) is 6.07 Å². The smallest absolute Gasteiger partial charge is 0.311 e. The second-order valence-corrected chi connectivity index (χ2v) is 6.77. The van der Waals surface area contributed by atoms with Gasteiger partial charge in [0.1, 0.15) is 6.61 Å². The Morgan fingerprint density at radius 1 is 1.25 bits per heavy atom. The van der Waals surface area contributed by atoms with Crippen LogP contribution in [-0.2, 0) is 19.1 Å². The first-order valence-corrected chi connectivity index (χ1v) is 8.58. The lowest BCUT2D eigenvalue weighted by Gasteiger charge is -2.30. The molecular formula is C18H32N2O4. The molecule has 0 heterocycles. The zero-order valence-corrected chi connectivity index (χ0v) is 15.9. The van der Waals surface area contributed by atoms with Crippen LogP contribution in [0.1, 0.15) is 47.0 Å². The van der Waals surface area contributed by atoms with E-state index in [2.05, 4.69) is 6.07 Å². The average Bonchev–Trinajstić information content (AvgIpc) is 2.53. The Balaban J connectivity index is 5.07. The molecule has 0 fully saturated rings. The molecular weight excluding hydrogens is 308 g/mol. The first kappa shape index (κ1) is 22.4. The van der Waals surface area contributed by atoms with Gasteiger partial charge in [0.25, 0.3) is 0 Å². The zero-order chi connectivity index (χ0) is 18.8. The summed E-state index contributed by atoms with van der Waals surface area (Å²) in [6.45, 7) is 8.48. The summed E-state index contributed by atoms with van der Waals surface area (Å²) >= 11 is 0. The molecule has 3 atom stereocenters. The molecule has 0 rings (SSSR count). The summed E-state index contributed by atoms with van der Waals surface area (Å²) in [5.74, 6) is -1.41. The number of hydrogen-bond acceptors (Lipinski definition) is 6. The Hall–Kier alpha value is -1.61. The van der Waals surface area contributed by atoms with Gasteiger partial charge in [-0.1, -0.05) is 6.92 Å². The van der Waals surface area contributed by atoms with Gasteiger partial charge in [-0.25, -0.2) is 0 Å². The lowest BCUT2D eigenvalue weighted by atomic mass is 9.76. The van der Waals surface area contributed by atoms with Crippen molar-refractivity contribution in [3.05, 3.63) is 0 Å². The van der Waals surface area contributed by atoms with Gasteiger partial charge in [-0.15, -0.1) is 0 Å². The number of carbonyl (C=O) groups excluding carboxylic acids is 2. The number of esters is 2. The van der Waals surface area contributed by atoms with Crippen LogP contribution in [0.15, 0.2) is 0 Å². The maximum absolute atomic E-state index is 12.4. The Morgan fingerprint density at radius 3 is 2.33 bits per heavy atom. The minimum absolute atomic E-state index is 0.278. The van der Waals surface area contributed by atoms with E-state index in [1.54, 1.807) is 13.8 Å². The molecule has 0 amide bonds. The molecule has 6 nitrogen and oxygen atoms in total. The number of nitriles is 1. The summed E-state index contributed by atoms with van der Waals surface area (Å²) in [7, 11) is 3.80. The van der Waals surface area contributed by atoms with E-state index >= 15 is 0 Å². The van der Waals surface area contributed by atoms with E-state index in [1.165, 1.54) is 0 Å². The zero-order valence-electron chi connectivity index (χ0n) is 15.9. The summed E-state index contributed by atoms with van der Waals surface area (Å²) in [6, 6.07) is 2.15. The highest BCUT2D eigenvalue weighted by Crippen LogP contribution is 2.34. The Kier molecular flexibility index (Phi) is 10.3. The van der Waals surface area contributed by atoms with Crippen LogP contribution < -0.4 is 0 Å². The van der Waals surface area contributed by atoms with Gasteiger partial charge in [0.2, 0.25) is 0 Å². The van der Waals surface area contributed by atoms with Gasteiger partial charge in [0.15, 0.2) is 0 Å². The molecule has 0 N–H and O–H groups in total. The SMILES string of the molecule is CCOC(=O)C(C)(CC)CC(CC(C)C#N)C(=O)OCCN(C)C. The van der Waals surface area contributed by atoms with E-state index in [4.69, 9.17) is 14.7 Å². The molecule has 0 saturated carbocycles. The van der Waals surface area contributed by atoms with Gasteiger partial charge in [-0.2, -0.15) is 5.26 Å². The fourth-order valence-electron chi connectivity index (χ4n) is 2.41. The number of hydrogen-bond donors (Lipinski definition) is 0. The van der Waals surface area contributed by atoms with Crippen LogP contribution in [0.5, 0.6) is 0 Å². The molecule has 0 aromatic rings. The molecule has 0 spiro atoms. The van der Waals surface area contributed by atoms with Crippen molar-refractivity contribution in [3.63, 3.8) is 0 Å². The van der Waals surface area contributed by atoms with Crippen LogP contribution in [0.2, 0.25) is 0 Å². The van der Waals surface area contributed by atoms with Crippen LogP contribution in [0, 0.1) is 28.6 Å². The lowest BCUT2D eigenvalue weighted by molar-refractivity contribution is -0.159. The summed E-state index contributed by atoms with van der Waals surface area (Å²) in [6.07, 6.45) is 1.27. The molecule has 0 aliphatic carbocycles. The Morgan fingerprint density at radius 2 is 1.88 bits per heavy atom. The van der Waals surface area contributed by atoms with Crippen molar-refractivity contribution < 1.29 is 19.1 Å². The van der Waals surface area contributed by atoms with Gasteiger partial charge in [0, 0.05) is 12.5 Å². The van der Waals surface area contributed by atoms with Gasteiger partial charge in [-0.3, -0.25) is 9.59 Å². The van der Waals surface area contributed by atoms with Crippen LogP contribution in [0.4, 0.5) is 0 Å². The van der Waals surface area contributed by atoms with E-state index in [0.717, 1.165) is 0 Å². The van der Waals surface area contributed by atoms with Crippen LogP contribution in [-0.4, -0.2) is 50.7 Å².